The van der Waals surface area contributed by atoms with E-state index in [1.807, 2.05) is 0 Å². The number of nitrogens with zero attached hydrogens (tertiary/aromatic N) is 1. The summed E-state index contributed by atoms with van der Waals surface area (Å²) in [6.07, 6.45) is -0.190. The first kappa shape index (κ1) is 17.3. The maximum atomic E-state index is 12.3. The zero-order valence-electron chi connectivity index (χ0n) is 11.0. The highest BCUT2D eigenvalue weighted by Crippen LogP contribution is 2.33. The van der Waals surface area contributed by atoms with E-state index in [0.29, 0.717) is 11.1 Å². The molecule has 0 fully saturated rings. The summed E-state index contributed by atoms with van der Waals surface area (Å²) in [6.45, 7) is -1.37. The first-order valence-electron chi connectivity index (χ1n) is 5.85. The van der Waals surface area contributed by atoms with Gasteiger partial charge in [-0.1, -0.05) is 15.9 Å². The summed E-state index contributed by atoms with van der Waals surface area (Å²) in [5.74, 6) is -1.10. The van der Waals surface area contributed by atoms with E-state index in [4.69, 9.17) is 4.74 Å². The molecular weight excluding hydrogens is 356 g/mol. The van der Waals surface area contributed by atoms with Crippen molar-refractivity contribution in [1.29, 1.82) is 0 Å². The second kappa shape index (κ2) is 7.87. The lowest BCUT2D eigenvalue weighted by molar-refractivity contribution is -0.386. The Morgan fingerprint density at radius 3 is 2.57 bits per heavy atom. The highest BCUT2D eigenvalue weighted by molar-refractivity contribution is 9.08. The number of benzene rings is 1. The van der Waals surface area contributed by atoms with Crippen molar-refractivity contribution >= 4 is 27.6 Å². The average molecular weight is 368 g/mol. The molecule has 9 heteroatoms. The number of carbonyl (C=O) groups excluding carboxylic acids is 1. The van der Waals surface area contributed by atoms with E-state index in [2.05, 4.69) is 20.7 Å². The topological polar surface area (TPSA) is 78.7 Å². The van der Waals surface area contributed by atoms with Crippen molar-refractivity contribution in [3.63, 3.8) is 0 Å². The van der Waals surface area contributed by atoms with Crippen LogP contribution in [0.25, 0.3) is 0 Å². The van der Waals surface area contributed by atoms with Gasteiger partial charge in [0.05, 0.1) is 18.0 Å². The van der Waals surface area contributed by atoms with Crippen molar-refractivity contribution in [2.75, 3.05) is 6.61 Å². The fraction of sp³-hybridized carbons (Fsp3) is 0.417. The largest absolute Gasteiger partial charge is 0.466 e. The zero-order valence-corrected chi connectivity index (χ0v) is 12.6. The molecule has 0 saturated carbocycles. The lowest BCUT2D eigenvalue weighted by Gasteiger charge is -2.11. The highest BCUT2D eigenvalue weighted by atomic mass is 79.9. The van der Waals surface area contributed by atoms with Crippen molar-refractivity contribution in [2.24, 2.45) is 0 Å². The molecule has 21 heavy (non-hydrogen) atoms. The quantitative estimate of drug-likeness (QED) is 0.320. The molecule has 1 aromatic rings. The molecule has 0 aromatic heterocycles. The molecule has 0 N–H and O–H groups in total. The van der Waals surface area contributed by atoms with Crippen LogP contribution in [0.3, 0.4) is 0 Å². The van der Waals surface area contributed by atoms with Gasteiger partial charge in [-0.05, 0) is 24.1 Å². The lowest BCUT2D eigenvalue weighted by atomic mass is 10.0. The number of esters is 1. The third-order valence-electron chi connectivity index (χ3n) is 2.48. The van der Waals surface area contributed by atoms with Gasteiger partial charge in [-0.15, -0.1) is 0 Å². The number of halogens is 3. The Bertz CT molecular complexity index is 539. The predicted molar refractivity (Wildman–Crippen MR) is 72.7 cm³/mol. The second-order valence-corrected chi connectivity index (χ2v) is 4.40. The number of nitro benzene ring substituents is 1. The fourth-order valence-electron chi connectivity index (χ4n) is 1.64. The summed E-state index contributed by atoms with van der Waals surface area (Å²) >= 11 is 3.13. The molecule has 0 amide bonds. The summed E-state index contributed by atoms with van der Waals surface area (Å²) in [7, 11) is 0. The van der Waals surface area contributed by atoms with Crippen LogP contribution in [-0.4, -0.2) is 24.1 Å². The monoisotopic (exact) mass is 367 g/mol. The highest BCUT2D eigenvalue weighted by Gasteiger charge is 2.23. The normalized spacial score (nSPS) is 10.5. The van der Waals surface area contributed by atoms with E-state index in [-0.39, 0.29) is 18.4 Å². The van der Waals surface area contributed by atoms with Crippen molar-refractivity contribution in [2.45, 2.75) is 25.3 Å². The maximum Gasteiger partial charge on any atom is 0.387 e. The van der Waals surface area contributed by atoms with Crippen LogP contribution in [0.1, 0.15) is 18.1 Å². The van der Waals surface area contributed by atoms with Gasteiger partial charge < -0.3 is 9.47 Å². The lowest BCUT2D eigenvalue weighted by Crippen LogP contribution is -2.11. The van der Waals surface area contributed by atoms with Crippen LogP contribution in [0.5, 0.6) is 5.75 Å². The summed E-state index contributed by atoms with van der Waals surface area (Å²) in [5.41, 5.74) is 0.127. The van der Waals surface area contributed by atoms with Crippen LogP contribution in [0.15, 0.2) is 12.1 Å². The number of alkyl halides is 3. The third-order valence-corrected chi connectivity index (χ3v) is 3.08. The van der Waals surface area contributed by atoms with Crippen LogP contribution in [0, 0.1) is 10.1 Å². The average Bonchev–Trinajstić information content (AvgIpc) is 2.39. The minimum absolute atomic E-state index is 0.178. The van der Waals surface area contributed by atoms with E-state index < -0.39 is 28.9 Å². The molecule has 0 aliphatic rings. The molecule has 0 radical (unpaired) electrons. The molecular formula is C12H12BrF2NO5. The van der Waals surface area contributed by atoms with E-state index in [9.17, 15) is 23.7 Å². The van der Waals surface area contributed by atoms with Crippen LogP contribution in [0.2, 0.25) is 0 Å². The SMILES string of the molecule is CCOC(=O)Cc1cc([N+](=O)[O-])c(OC(F)F)cc1CBr. The number of carbonyl (C=O) groups is 1. The third kappa shape index (κ3) is 4.92. The molecule has 0 bridgehead atoms. The van der Waals surface area contributed by atoms with E-state index >= 15 is 0 Å². The number of nitro groups is 1. The number of hydrogen-bond acceptors (Lipinski definition) is 5. The Labute approximate surface area is 127 Å². The van der Waals surface area contributed by atoms with Crippen molar-refractivity contribution in [3.8, 4) is 5.75 Å². The van der Waals surface area contributed by atoms with Crippen molar-refractivity contribution in [1.82, 2.24) is 0 Å². The summed E-state index contributed by atoms with van der Waals surface area (Å²) in [4.78, 5) is 21.5. The molecule has 0 saturated heterocycles. The summed E-state index contributed by atoms with van der Waals surface area (Å²) in [6, 6.07) is 2.17. The van der Waals surface area contributed by atoms with Gasteiger partial charge in [0.15, 0.2) is 0 Å². The van der Waals surface area contributed by atoms with E-state index in [0.717, 1.165) is 12.1 Å². The van der Waals surface area contributed by atoms with Crippen molar-refractivity contribution in [3.05, 3.63) is 33.4 Å². The van der Waals surface area contributed by atoms with Gasteiger partial charge >= 0.3 is 18.3 Å². The minimum atomic E-state index is -3.18. The zero-order chi connectivity index (χ0) is 16.0. The Hall–Kier alpha value is -1.77. The van der Waals surface area contributed by atoms with Crippen LogP contribution in [-0.2, 0) is 21.3 Å². The maximum absolute atomic E-state index is 12.3. The Kier molecular flexibility index (Phi) is 6.47. The molecule has 0 aliphatic heterocycles. The predicted octanol–water partition coefficient (Wildman–Crippen LogP) is 3.20. The number of ether oxygens (including phenoxy) is 2. The van der Waals surface area contributed by atoms with Gasteiger partial charge in [-0.25, -0.2) is 0 Å². The smallest absolute Gasteiger partial charge is 0.387 e. The summed E-state index contributed by atoms with van der Waals surface area (Å²) in [5, 5.41) is 11.1. The minimum Gasteiger partial charge on any atom is -0.466 e. The number of rotatable bonds is 7. The Morgan fingerprint density at radius 1 is 1.43 bits per heavy atom. The molecule has 1 aromatic carbocycles. The Morgan fingerprint density at radius 2 is 2.10 bits per heavy atom. The molecule has 0 aliphatic carbocycles. The molecule has 0 heterocycles. The van der Waals surface area contributed by atoms with Crippen molar-refractivity contribution < 1.29 is 28.0 Å². The molecule has 116 valence electrons. The first-order chi connectivity index (χ1) is 9.88. The number of hydrogen-bond donors (Lipinski definition) is 0. The Balaban J connectivity index is 3.22. The molecule has 6 nitrogen and oxygen atoms in total. The van der Waals surface area contributed by atoms with E-state index in [1.54, 1.807) is 6.92 Å². The summed E-state index contributed by atoms with van der Waals surface area (Å²) < 4.78 is 33.5. The van der Waals surface area contributed by atoms with Crippen LogP contribution < -0.4 is 4.74 Å². The van der Waals surface area contributed by atoms with Crippen LogP contribution in [0.4, 0.5) is 14.5 Å². The standard InChI is InChI=1S/C12H12BrF2NO5/c1-2-20-11(17)5-7-3-9(16(18)19)10(21-12(14)15)4-8(7)6-13/h3-4,12H,2,5-6H2,1H3. The second-order valence-electron chi connectivity index (χ2n) is 3.84. The van der Waals surface area contributed by atoms with Gasteiger partial charge in [-0.3, -0.25) is 14.9 Å². The van der Waals surface area contributed by atoms with E-state index in [1.165, 1.54) is 0 Å². The first-order valence-corrected chi connectivity index (χ1v) is 6.97. The van der Waals surface area contributed by atoms with Gasteiger partial charge in [-0.2, -0.15) is 8.78 Å². The molecule has 0 spiro atoms. The molecule has 0 atom stereocenters. The van der Waals surface area contributed by atoms with Gasteiger partial charge in [0.1, 0.15) is 0 Å². The van der Waals surface area contributed by atoms with Gasteiger partial charge in [0, 0.05) is 11.4 Å². The van der Waals surface area contributed by atoms with Gasteiger partial charge in [0.25, 0.3) is 0 Å². The van der Waals surface area contributed by atoms with Gasteiger partial charge in [0.2, 0.25) is 5.75 Å². The molecule has 1 rings (SSSR count). The molecule has 0 unspecified atom stereocenters. The fourth-order valence-corrected chi connectivity index (χ4v) is 2.17. The van der Waals surface area contributed by atoms with Crippen LogP contribution >= 0.6 is 15.9 Å².